The molecule has 4 rings (SSSR count). The van der Waals surface area contributed by atoms with Gasteiger partial charge in [-0.25, -0.2) is 4.39 Å². The Bertz CT molecular complexity index is 1080. The van der Waals surface area contributed by atoms with Gasteiger partial charge >= 0.3 is 0 Å². The summed E-state index contributed by atoms with van der Waals surface area (Å²) in [7, 11) is 0. The predicted octanol–water partition coefficient (Wildman–Crippen LogP) is 4.76. The van der Waals surface area contributed by atoms with Crippen LogP contribution in [0.2, 0.25) is 5.02 Å². The zero-order valence-electron chi connectivity index (χ0n) is 16.1. The Morgan fingerprint density at radius 3 is 2.40 bits per heavy atom. The van der Waals surface area contributed by atoms with E-state index in [1.54, 1.807) is 35.2 Å². The number of halogens is 2. The molecule has 0 saturated carbocycles. The summed E-state index contributed by atoms with van der Waals surface area (Å²) in [6, 6.07) is 18.5. The summed E-state index contributed by atoms with van der Waals surface area (Å²) in [5.41, 5.74) is 1.48. The maximum absolute atomic E-state index is 13.2. The third-order valence-corrected chi connectivity index (χ3v) is 5.56. The Morgan fingerprint density at radius 2 is 1.73 bits per heavy atom. The lowest BCUT2D eigenvalue weighted by molar-refractivity contribution is 0.0577. The van der Waals surface area contributed by atoms with Gasteiger partial charge in [-0.2, -0.15) is 5.26 Å². The first kappa shape index (κ1) is 20.1. The number of benzene rings is 2. The highest BCUT2D eigenvalue weighted by Gasteiger charge is 2.28. The topological polar surface area (TPSA) is 60.5 Å². The van der Waals surface area contributed by atoms with Crippen molar-refractivity contribution >= 4 is 17.5 Å². The standard InChI is InChI=1S/C23H19ClFN3O2/c24-19-4-2-1-3-18(19)21-9-10-22(30-21)23(29)28-13-11-27(12-14-28)20(15-26)16-5-7-17(25)8-6-16/h1-10,20H,11-14H2/t20-/m1/s1. The molecule has 2 aromatic carbocycles. The van der Waals surface area contributed by atoms with Crippen LogP contribution in [0.1, 0.15) is 22.2 Å². The van der Waals surface area contributed by atoms with Gasteiger partial charge in [0.1, 0.15) is 17.6 Å². The molecule has 0 unspecified atom stereocenters. The fraction of sp³-hybridized carbons (Fsp3) is 0.217. The van der Waals surface area contributed by atoms with Crippen molar-refractivity contribution in [1.82, 2.24) is 9.80 Å². The number of hydrogen-bond acceptors (Lipinski definition) is 4. The van der Waals surface area contributed by atoms with E-state index in [0.29, 0.717) is 37.0 Å². The lowest BCUT2D eigenvalue weighted by atomic mass is 10.1. The molecule has 1 aliphatic heterocycles. The normalized spacial score (nSPS) is 15.6. The van der Waals surface area contributed by atoms with E-state index >= 15 is 0 Å². The summed E-state index contributed by atoms with van der Waals surface area (Å²) >= 11 is 6.21. The monoisotopic (exact) mass is 423 g/mol. The number of rotatable bonds is 4. The van der Waals surface area contributed by atoms with Gasteiger partial charge < -0.3 is 9.32 Å². The van der Waals surface area contributed by atoms with Crippen LogP contribution in [-0.2, 0) is 0 Å². The summed E-state index contributed by atoms with van der Waals surface area (Å²) < 4.78 is 18.9. The van der Waals surface area contributed by atoms with Crippen LogP contribution in [-0.4, -0.2) is 41.9 Å². The van der Waals surface area contributed by atoms with Gasteiger partial charge in [0, 0.05) is 31.7 Å². The van der Waals surface area contributed by atoms with Crippen molar-refractivity contribution in [3.63, 3.8) is 0 Å². The summed E-state index contributed by atoms with van der Waals surface area (Å²) in [6.45, 7) is 2.03. The second-order valence-electron chi connectivity index (χ2n) is 7.06. The molecule has 0 aliphatic carbocycles. The lowest BCUT2D eigenvalue weighted by Gasteiger charge is -2.36. The minimum absolute atomic E-state index is 0.191. The average molecular weight is 424 g/mol. The molecule has 1 amide bonds. The molecular formula is C23H19ClFN3O2. The first-order valence-electron chi connectivity index (χ1n) is 9.60. The van der Waals surface area contributed by atoms with Crippen LogP contribution in [0, 0.1) is 17.1 Å². The molecule has 0 bridgehead atoms. The number of piperazine rings is 1. The molecular weight excluding hydrogens is 405 g/mol. The van der Waals surface area contributed by atoms with Gasteiger partial charge in [0.2, 0.25) is 0 Å². The van der Waals surface area contributed by atoms with Crippen LogP contribution in [0.4, 0.5) is 4.39 Å². The third-order valence-electron chi connectivity index (χ3n) is 5.23. The highest BCUT2D eigenvalue weighted by molar-refractivity contribution is 6.33. The molecule has 0 N–H and O–H groups in total. The first-order chi connectivity index (χ1) is 14.6. The Labute approximate surface area is 178 Å². The van der Waals surface area contributed by atoms with Gasteiger partial charge in [-0.05, 0) is 42.0 Å². The molecule has 1 aromatic heterocycles. The maximum atomic E-state index is 13.2. The van der Waals surface area contributed by atoms with Crippen LogP contribution in [0.25, 0.3) is 11.3 Å². The smallest absolute Gasteiger partial charge is 0.289 e. The predicted molar refractivity (Wildman–Crippen MR) is 111 cm³/mol. The van der Waals surface area contributed by atoms with E-state index < -0.39 is 6.04 Å². The Hall–Kier alpha value is -3.14. The van der Waals surface area contributed by atoms with Gasteiger partial charge in [0.15, 0.2) is 5.76 Å². The molecule has 30 heavy (non-hydrogen) atoms. The number of nitrogens with zero attached hydrogens (tertiary/aromatic N) is 3. The van der Waals surface area contributed by atoms with Crippen molar-refractivity contribution < 1.29 is 13.6 Å². The molecule has 152 valence electrons. The van der Waals surface area contributed by atoms with E-state index in [-0.39, 0.29) is 17.5 Å². The van der Waals surface area contributed by atoms with Crippen molar-refractivity contribution in [1.29, 1.82) is 5.26 Å². The fourth-order valence-electron chi connectivity index (χ4n) is 3.61. The van der Waals surface area contributed by atoms with E-state index in [0.717, 1.165) is 11.1 Å². The van der Waals surface area contributed by atoms with E-state index in [1.807, 2.05) is 23.1 Å². The van der Waals surface area contributed by atoms with Crippen LogP contribution >= 0.6 is 11.6 Å². The number of carbonyl (C=O) groups excluding carboxylic acids is 1. The Balaban J connectivity index is 1.42. The Kier molecular flexibility index (Phi) is 5.84. The molecule has 3 aromatic rings. The second-order valence-corrected chi connectivity index (χ2v) is 7.46. The molecule has 7 heteroatoms. The highest BCUT2D eigenvalue weighted by Crippen LogP contribution is 2.30. The number of amides is 1. The molecule has 5 nitrogen and oxygen atoms in total. The molecule has 1 aliphatic rings. The molecule has 1 saturated heterocycles. The van der Waals surface area contributed by atoms with Crippen LogP contribution < -0.4 is 0 Å². The van der Waals surface area contributed by atoms with Crippen LogP contribution in [0.15, 0.2) is 65.1 Å². The van der Waals surface area contributed by atoms with Crippen molar-refractivity contribution in [2.45, 2.75) is 6.04 Å². The van der Waals surface area contributed by atoms with Crippen molar-refractivity contribution in [3.8, 4) is 17.4 Å². The van der Waals surface area contributed by atoms with Gasteiger partial charge in [-0.15, -0.1) is 0 Å². The number of nitriles is 1. The van der Waals surface area contributed by atoms with Gasteiger partial charge in [0.25, 0.3) is 5.91 Å². The average Bonchev–Trinajstić information content (AvgIpc) is 3.26. The third kappa shape index (κ3) is 4.09. The number of hydrogen-bond donors (Lipinski definition) is 0. The summed E-state index contributed by atoms with van der Waals surface area (Å²) in [6.07, 6.45) is 0. The van der Waals surface area contributed by atoms with Crippen LogP contribution in [0.5, 0.6) is 0 Å². The molecule has 1 fully saturated rings. The lowest BCUT2D eigenvalue weighted by Crippen LogP contribution is -2.49. The zero-order valence-corrected chi connectivity index (χ0v) is 16.8. The zero-order chi connectivity index (χ0) is 21.1. The first-order valence-corrected chi connectivity index (χ1v) is 9.98. The summed E-state index contributed by atoms with van der Waals surface area (Å²) in [5.74, 6) is 0.279. The van der Waals surface area contributed by atoms with E-state index in [1.165, 1.54) is 12.1 Å². The van der Waals surface area contributed by atoms with E-state index in [2.05, 4.69) is 6.07 Å². The SMILES string of the molecule is N#C[C@H](c1ccc(F)cc1)N1CCN(C(=O)c2ccc(-c3ccccc3Cl)o2)CC1. The van der Waals surface area contributed by atoms with Gasteiger partial charge in [-0.1, -0.05) is 35.9 Å². The molecule has 0 radical (unpaired) electrons. The van der Waals surface area contributed by atoms with Crippen LogP contribution in [0.3, 0.4) is 0 Å². The summed E-state index contributed by atoms with van der Waals surface area (Å²) in [4.78, 5) is 16.6. The minimum Gasteiger partial charge on any atom is -0.451 e. The van der Waals surface area contributed by atoms with Gasteiger partial charge in [0.05, 0.1) is 11.1 Å². The maximum Gasteiger partial charge on any atom is 0.289 e. The Morgan fingerprint density at radius 1 is 1.03 bits per heavy atom. The summed E-state index contributed by atoms with van der Waals surface area (Å²) in [5, 5.41) is 10.2. The minimum atomic E-state index is -0.474. The van der Waals surface area contributed by atoms with E-state index in [9.17, 15) is 14.4 Å². The molecule has 0 spiro atoms. The molecule has 2 heterocycles. The van der Waals surface area contributed by atoms with E-state index in [4.69, 9.17) is 16.0 Å². The van der Waals surface area contributed by atoms with Crippen molar-refractivity contribution in [3.05, 3.63) is 82.8 Å². The highest BCUT2D eigenvalue weighted by atomic mass is 35.5. The van der Waals surface area contributed by atoms with Crippen molar-refractivity contribution in [2.24, 2.45) is 0 Å². The quantitative estimate of drug-likeness (QED) is 0.607. The molecule has 1 atom stereocenters. The number of carbonyl (C=O) groups is 1. The number of furan rings is 1. The largest absolute Gasteiger partial charge is 0.451 e. The van der Waals surface area contributed by atoms with Crippen molar-refractivity contribution in [2.75, 3.05) is 26.2 Å². The van der Waals surface area contributed by atoms with Gasteiger partial charge in [-0.3, -0.25) is 9.69 Å². The fourth-order valence-corrected chi connectivity index (χ4v) is 3.84. The second kappa shape index (κ2) is 8.70.